The van der Waals surface area contributed by atoms with Crippen molar-refractivity contribution in [2.45, 2.75) is 6.18 Å². The molecular weight excluding hydrogens is 461 g/mol. The van der Waals surface area contributed by atoms with Crippen molar-refractivity contribution in [1.29, 1.82) is 10.8 Å². The third-order valence-corrected chi connectivity index (χ3v) is 5.37. The summed E-state index contributed by atoms with van der Waals surface area (Å²) in [6, 6.07) is 15.8. The maximum Gasteiger partial charge on any atom is 0.420 e. The van der Waals surface area contributed by atoms with Gasteiger partial charge < -0.3 is 14.1 Å². The molecule has 178 valence electrons. The molecule has 0 atom stereocenters. The smallest absolute Gasteiger partial charge is 0.420 e. The quantitative estimate of drug-likeness (QED) is 0.212. The van der Waals surface area contributed by atoms with E-state index in [1.54, 1.807) is 55.6 Å². The molecule has 0 aliphatic rings. The Bertz CT molecular complexity index is 1460. The first-order chi connectivity index (χ1) is 16.6. The van der Waals surface area contributed by atoms with Crippen molar-refractivity contribution in [3.05, 3.63) is 77.4 Å². The van der Waals surface area contributed by atoms with Gasteiger partial charge in [-0.05, 0) is 35.4 Å². The molecule has 0 radical (unpaired) electrons. The maximum absolute atomic E-state index is 13.7. The van der Waals surface area contributed by atoms with Gasteiger partial charge in [0.2, 0.25) is 5.89 Å². The summed E-state index contributed by atoms with van der Waals surface area (Å²) in [6.45, 7) is 0. The summed E-state index contributed by atoms with van der Waals surface area (Å²) >= 11 is 0. The number of esters is 1. The summed E-state index contributed by atoms with van der Waals surface area (Å²) in [5, 5.41) is 15.8. The topological polar surface area (TPSA) is 103 Å². The largest absolute Gasteiger partial charge is 0.465 e. The number of amidine groups is 1. The number of hydrogen-bond acceptors (Lipinski definition) is 6. The Labute approximate surface area is 197 Å². The van der Waals surface area contributed by atoms with E-state index in [9.17, 15) is 18.0 Å². The van der Waals surface area contributed by atoms with E-state index in [-0.39, 0.29) is 22.8 Å². The third kappa shape index (κ3) is 4.50. The Kier molecular flexibility index (Phi) is 6.12. The number of nitrogens with one attached hydrogen (secondary N) is 2. The van der Waals surface area contributed by atoms with Crippen LogP contribution in [0.5, 0.6) is 0 Å². The second kappa shape index (κ2) is 9.05. The Hall–Kier alpha value is -4.47. The fraction of sp³-hybridized carbons (Fsp3) is 0.120. The number of oxazole rings is 1. The third-order valence-electron chi connectivity index (χ3n) is 5.37. The fourth-order valence-corrected chi connectivity index (χ4v) is 3.62. The normalized spacial score (nSPS) is 11.3. The molecule has 7 nitrogen and oxygen atoms in total. The zero-order valence-electron chi connectivity index (χ0n) is 18.6. The predicted molar refractivity (Wildman–Crippen MR) is 125 cm³/mol. The minimum atomic E-state index is -4.78. The van der Waals surface area contributed by atoms with Gasteiger partial charge in [0.05, 0.1) is 19.0 Å². The maximum atomic E-state index is 13.7. The first-order valence-electron chi connectivity index (χ1n) is 10.3. The molecule has 0 saturated carbocycles. The van der Waals surface area contributed by atoms with E-state index in [1.165, 1.54) is 11.0 Å². The van der Waals surface area contributed by atoms with Gasteiger partial charge in [0.15, 0.2) is 5.58 Å². The van der Waals surface area contributed by atoms with E-state index in [0.29, 0.717) is 28.3 Å². The van der Waals surface area contributed by atoms with E-state index in [1.807, 2.05) is 0 Å². The van der Waals surface area contributed by atoms with Gasteiger partial charge in [0.1, 0.15) is 16.9 Å². The molecular formula is C25H19F3N4O3. The number of ether oxygens (including phenoxy) is 1. The highest BCUT2D eigenvalue weighted by Gasteiger charge is 2.36. The molecule has 0 aliphatic carbocycles. The van der Waals surface area contributed by atoms with Crippen molar-refractivity contribution in [3.8, 4) is 22.6 Å². The van der Waals surface area contributed by atoms with Crippen molar-refractivity contribution in [3.63, 3.8) is 0 Å². The van der Waals surface area contributed by atoms with Gasteiger partial charge in [0, 0.05) is 18.2 Å². The zero-order chi connectivity index (χ0) is 25.3. The van der Waals surface area contributed by atoms with Crippen LogP contribution in [0, 0.1) is 10.8 Å². The first-order valence-corrected chi connectivity index (χ1v) is 10.3. The molecule has 10 heteroatoms. The molecule has 35 heavy (non-hydrogen) atoms. The second-order valence-electron chi connectivity index (χ2n) is 7.60. The van der Waals surface area contributed by atoms with Gasteiger partial charge in [0.25, 0.3) is 0 Å². The Balaban J connectivity index is 1.85. The zero-order valence-corrected chi connectivity index (χ0v) is 18.6. The summed E-state index contributed by atoms with van der Waals surface area (Å²) in [5.74, 6) is -0.871. The number of carbonyl (C=O) groups excluding carboxylic acids is 1. The minimum Gasteiger partial charge on any atom is -0.465 e. The predicted octanol–water partition coefficient (Wildman–Crippen LogP) is 5.83. The molecule has 2 N–H and O–H groups in total. The monoisotopic (exact) mass is 480 g/mol. The summed E-state index contributed by atoms with van der Waals surface area (Å²) in [6.07, 6.45) is -3.75. The number of alkyl halides is 3. The number of aromatic nitrogens is 1. The van der Waals surface area contributed by atoms with Crippen molar-refractivity contribution in [2.24, 2.45) is 0 Å². The summed E-state index contributed by atoms with van der Waals surface area (Å²) in [5.41, 5.74) is 0.310. The van der Waals surface area contributed by atoms with Crippen LogP contribution in [0.1, 0.15) is 21.5 Å². The lowest BCUT2D eigenvalue weighted by atomic mass is 9.97. The first kappa shape index (κ1) is 23.7. The summed E-state index contributed by atoms with van der Waals surface area (Å²) < 4.78 is 51.2. The number of methoxy groups -OCH3 is 1. The Morgan fingerprint density at radius 1 is 1.09 bits per heavy atom. The van der Waals surface area contributed by atoms with Gasteiger partial charge in [-0.3, -0.25) is 10.8 Å². The van der Waals surface area contributed by atoms with Crippen LogP contribution in [-0.2, 0) is 10.9 Å². The van der Waals surface area contributed by atoms with E-state index >= 15 is 0 Å². The number of halogens is 3. The lowest BCUT2D eigenvalue weighted by molar-refractivity contribution is -0.136. The fourth-order valence-electron chi connectivity index (χ4n) is 3.62. The summed E-state index contributed by atoms with van der Waals surface area (Å²) in [7, 11) is 2.67. The van der Waals surface area contributed by atoms with E-state index < -0.39 is 23.3 Å². The van der Waals surface area contributed by atoms with E-state index in [2.05, 4.69) is 9.72 Å². The second-order valence-corrected chi connectivity index (χ2v) is 7.60. The average Bonchev–Trinajstić information content (AvgIpc) is 3.30. The summed E-state index contributed by atoms with van der Waals surface area (Å²) in [4.78, 5) is 17.5. The number of benzene rings is 3. The molecule has 1 aromatic heterocycles. The van der Waals surface area contributed by atoms with E-state index in [0.717, 1.165) is 13.4 Å². The molecule has 4 rings (SSSR count). The Morgan fingerprint density at radius 2 is 1.80 bits per heavy atom. The SMILES string of the molecule is COC(=O)c1cc(C(F)(F)F)c2oc(-c3cccc(-c4ccccc4C(=N)N(C)C=N)c3)nc2c1. The van der Waals surface area contributed by atoms with Gasteiger partial charge >= 0.3 is 12.1 Å². The standard InChI is InChI=1S/C25H19F3N4O3/c1-32(13-29)22(30)18-9-4-3-8-17(18)14-6-5-7-15(10-14)23-31-20-12-16(24(33)34-2)11-19(21(20)35-23)25(26,27)28/h3-13,29-30H,1-2H3. The highest BCUT2D eigenvalue weighted by atomic mass is 19.4. The highest BCUT2D eigenvalue weighted by Crippen LogP contribution is 2.38. The molecule has 0 aliphatic heterocycles. The molecule has 4 aromatic rings. The number of carbonyl (C=O) groups is 1. The number of rotatable bonds is 5. The lowest BCUT2D eigenvalue weighted by Crippen LogP contribution is -2.25. The number of nitrogens with zero attached hydrogens (tertiary/aromatic N) is 2. The van der Waals surface area contributed by atoms with Gasteiger partial charge in [-0.1, -0.05) is 36.4 Å². The van der Waals surface area contributed by atoms with Crippen LogP contribution in [0.15, 0.2) is 65.1 Å². The van der Waals surface area contributed by atoms with Crippen molar-refractivity contribution < 1.29 is 27.1 Å². The molecule has 0 unspecified atom stereocenters. The Morgan fingerprint density at radius 3 is 2.49 bits per heavy atom. The van der Waals surface area contributed by atoms with Crippen LogP contribution in [-0.4, -0.2) is 42.2 Å². The van der Waals surface area contributed by atoms with Gasteiger partial charge in [-0.2, -0.15) is 13.2 Å². The minimum absolute atomic E-state index is 0.0569. The van der Waals surface area contributed by atoms with Gasteiger partial charge in [-0.15, -0.1) is 0 Å². The van der Waals surface area contributed by atoms with Crippen molar-refractivity contribution in [1.82, 2.24) is 9.88 Å². The van der Waals surface area contributed by atoms with Crippen molar-refractivity contribution >= 4 is 29.2 Å². The van der Waals surface area contributed by atoms with Crippen LogP contribution in [0.3, 0.4) is 0 Å². The molecule has 3 aromatic carbocycles. The molecule has 0 spiro atoms. The van der Waals surface area contributed by atoms with E-state index in [4.69, 9.17) is 15.2 Å². The molecule has 0 amide bonds. The van der Waals surface area contributed by atoms with Crippen LogP contribution in [0.25, 0.3) is 33.7 Å². The van der Waals surface area contributed by atoms with Crippen molar-refractivity contribution in [2.75, 3.05) is 14.2 Å². The molecule has 0 bridgehead atoms. The van der Waals surface area contributed by atoms with Crippen LogP contribution < -0.4 is 0 Å². The van der Waals surface area contributed by atoms with Crippen LogP contribution in [0.2, 0.25) is 0 Å². The number of fused-ring (bicyclic) bond motifs is 1. The molecule has 1 heterocycles. The average molecular weight is 480 g/mol. The highest BCUT2D eigenvalue weighted by molar-refractivity contribution is 6.06. The van der Waals surface area contributed by atoms with Gasteiger partial charge in [-0.25, -0.2) is 9.78 Å². The molecule has 0 fully saturated rings. The number of hydrogen-bond donors (Lipinski definition) is 2. The molecule has 0 saturated heterocycles. The van der Waals surface area contributed by atoms with Crippen LogP contribution in [0.4, 0.5) is 13.2 Å². The van der Waals surface area contributed by atoms with Crippen LogP contribution >= 0.6 is 0 Å². The lowest BCUT2D eigenvalue weighted by Gasteiger charge is -2.17.